The molecule has 0 bridgehead atoms. The Morgan fingerprint density at radius 3 is 2.65 bits per heavy atom. The molecule has 2 aromatic rings. The van der Waals surface area contributed by atoms with Crippen LogP contribution in [0.4, 0.5) is 0 Å². The van der Waals surface area contributed by atoms with Crippen molar-refractivity contribution in [2.45, 2.75) is 18.8 Å². The zero-order chi connectivity index (χ0) is 16.4. The second-order valence-corrected chi connectivity index (χ2v) is 5.52. The average Bonchev–Trinajstić information content (AvgIpc) is 2.57. The van der Waals surface area contributed by atoms with E-state index < -0.39 is 22.8 Å². The summed E-state index contributed by atoms with van der Waals surface area (Å²) in [6, 6.07) is 7.51. The number of carboxylic acids is 1. The first-order chi connectivity index (χ1) is 11.1. The summed E-state index contributed by atoms with van der Waals surface area (Å²) in [5.74, 6) is -1.76. The van der Waals surface area contributed by atoms with Crippen LogP contribution in [0.5, 0.6) is 5.75 Å². The van der Waals surface area contributed by atoms with E-state index in [1.54, 1.807) is 6.07 Å². The van der Waals surface area contributed by atoms with E-state index in [-0.39, 0.29) is 0 Å². The normalized spacial score (nSPS) is 15.5. The number of rotatable bonds is 3. The average molecular weight is 315 g/mol. The van der Waals surface area contributed by atoms with Gasteiger partial charge < -0.3 is 15.5 Å². The van der Waals surface area contributed by atoms with E-state index in [9.17, 15) is 14.7 Å². The van der Waals surface area contributed by atoms with Crippen molar-refractivity contribution in [2.24, 2.45) is 0 Å². The van der Waals surface area contributed by atoms with Crippen LogP contribution in [-0.4, -0.2) is 39.1 Å². The SMILES string of the molecule is O=C(O)c1nn(-c2ccccc2C2CCNCC2)cc(O)c1=O. The standard InChI is InChI=1S/C16H17N3O4/c20-13-9-19(18-14(15(13)21)16(22)23)12-4-2-1-3-11(12)10-5-7-17-8-6-10/h1-4,9-10,17,20H,5-8H2,(H,22,23). The number of nitrogens with zero attached hydrogens (tertiary/aromatic N) is 2. The van der Waals surface area contributed by atoms with Crippen LogP contribution in [-0.2, 0) is 0 Å². The minimum atomic E-state index is -1.46. The number of hydrogen-bond donors (Lipinski definition) is 3. The molecule has 1 saturated heterocycles. The third kappa shape index (κ3) is 2.95. The maximum absolute atomic E-state index is 11.7. The Balaban J connectivity index is 2.12. The molecule has 0 amide bonds. The van der Waals surface area contributed by atoms with Gasteiger partial charge in [0, 0.05) is 0 Å². The number of aromatic nitrogens is 2. The molecule has 23 heavy (non-hydrogen) atoms. The lowest BCUT2D eigenvalue weighted by Crippen LogP contribution is -2.27. The number of hydrogen-bond acceptors (Lipinski definition) is 5. The Morgan fingerprint density at radius 1 is 1.26 bits per heavy atom. The van der Waals surface area contributed by atoms with Crippen LogP contribution in [0, 0.1) is 0 Å². The lowest BCUT2D eigenvalue weighted by atomic mass is 9.89. The highest BCUT2D eigenvalue weighted by Gasteiger charge is 2.21. The molecule has 1 aromatic heterocycles. The Kier molecular flexibility index (Phi) is 4.12. The van der Waals surface area contributed by atoms with E-state index in [1.165, 1.54) is 4.68 Å². The minimum Gasteiger partial charge on any atom is -0.503 e. The number of piperidine rings is 1. The fourth-order valence-corrected chi connectivity index (χ4v) is 2.92. The highest BCUT2D eigenvalue weighted by Crippen LogP contribution is 2.29. The van der Waals surface area contributed by atoms with Crippen LogP contribution in [0.1, 0.15) is 34.8 Å². The largest absolute Gasteiger partial charge is 0.503 e. The number of benzene rings is 1. The molecule has 0 spiro atoms. The Bertz CT molecular complexity index is 794. The number of aromatic carboxylic acids is 1. The minimum absolute atomic E-state index is 0.323. The zero-order valence-corrected chi connectivity index (χ0v) is 12.4. The number of carboxylic acid groups (broad SMARTS) is 1. The molecule has 1 aliphatic rings. The zero-order valence-electron chi connectivity index (χ0n) is 12.4. The summed E-state index contributed by atoms with van der Waals surface area (Å²) in [4.78, 5) is 22.8. The molecule has 7 nitrogen and oxygen atoms in total. The molecular weight excluding hydrogens is 298 g/mol. The van der Waals surface area contributed by atoms with Crippen molar-refractivity contribution in [2.75, 3.05) is 13.1 Å². The molecule has 1 fully saturated rings. The van der Waals surface area contributed by atoms with Crippen molar-refractivity contribution in [1.82, 2.24) is 15.1 Å². The van der Waals surface area contributed by atoms with E-state index in [1.807, 2.05) is 18.2 Å². The Hall–Kier alpha value is -2.67. The third-order valence-electron chi connectivity index (χ3n) is 4.07. The molecule has 0 aliphatic carbocycles. The van der Waals surface area contributed by atoms with Crippen LogP contribution in [0.2, 0.25) is 0 Å². The van der Waals surface area contributed by atoms with Gasteiger partial charge in [0.15, 0.2) is 5.75 Å². The number of para-hydroxylation sites is 1. The lowest BCUT2D eigenvalue weighted by Gasteiger charge is -2.25. The molecule has 3 N–H and O–H groups in total. The van der Waals surface area contributed by atoms with Crippen LogP contribution in [0.25, 0.3) is 5.69 Å². The molecule has 120 valence electrons. The number of nitrogens with one attached hydrogen (secondary N) is 1. The van der Waals surface area contributed by atoms with E-state index in [4.69, 9.17) is 5.11 Å². The van der Waals surface area contributed by atoms with Crippen LogP contribution < -0.4 is 10.7 Å². The molecule has 7 heteroatoms. The van der Waals surface area contributed by atoms with Gasteiger partial charge in [0.1, 0.15) is 0 Å². The predicted octanol–water partition coefficient (Wildman–Crippen LogP) is 1.10. The number of aromatic hydroxyl groups is 1. The van der Waals surface area contributed by atoms with Gasteiger partial charge in [-0.2, -0.15) is 5.10 Å². The van der Waals surface area contributed by atoms with Crippen LogP contribution in [0.15, 0.2) is 35.3 Å². The molecule has 1 aliphatic heterocycles. The van der Waals surface area contributed by atoms with Gasteiger partial charge in [0.2, 0.25) is 5.69 Å². The van der Waals surface area contributed by atoms with Crippen LogP contribution in [0.3, 0.4) is 0 Å². The molecule has 1 aromatic carbocycles. The van der Waals surface area contributed by atoms with Crippen LogP contribution >= 0.6 is 0 Å². The van der Waals surface area contributed by atoms with Crippen molar-refractivity contribution >= 4 is 5.97 Å². The maximum Gasteiger partial charge on any atom is 0.360 e. The summed E-state index contributed by atoms with van der Waals surface area (Å²) < 4.78 is 1.28. The second-order valence-electron chi connectivity index (χ2n) is 5.52. The summed E-state index contributed by atoms with van der Waals surface area (Å²) in [6.45, 7) is 1.84. The predicted molar refractivity (Wildman–Crippen MR) is 83.3 cm³/mol. The summed E-state index contributed by atoms with van der Waals surface area (Å²) in [7, 11) is 0. The quantitative estimate of drug-likeness (QED) is 0.783. The lowest BCUT2D eigenvalue weighted by molar-refractivity contribution is 0.0686. The first-order valence-electron chi connectivity index (χ1n) is 7.44. The summed E-state index contributed by atoms with van der Waals surface area (Å²) in [5, 5.41) is 26.0. The Labute approximate surface area is 132 Å². The van der Waals surface area contributed by atoms with Crippen molar-refractivity contribution in [3.8, 4) is 11.4 Å². The fraction of sp³-hybridized carbons (Fsp3) is 0.312. The molecule has 0 atom stereocenters. The van der Waals surface area contributed by atoms with Gasteiger partial charge in [0.25, 0.3) is 5.43 Å². The van der Waals surface area contributed by atoms with Gasteiger partial charge in [-0.15, -0.1) is 0 Å². The first kappa shape index (κ1) is 15.2. The molecule has 0 unspecified atom stereocenters. The van der Waals surface area contributed by atoms with E-state index >= 15 is 0 Å². The van der Waals surface area contributed by atoms with E-state index in [0.717, 1.165) is 37.7 Å². The van der Waals surface area contributed by atoms with Gasteiger partial charge >= 0.3 is 5.97 Å². The molecule has 0 saturated carbocycles. The first-order valence-corrected chi connectivity index (χ1v) is 7.44. The van der Waals surface area contributed by atoms with Crippen molar-refractivity contribution in [3.63, 3.8) is 0 Å². The summed E-state index contributed by atoms with van der Waals surface area (Å²) in [6.07, 6.45) is 3.10. The summed E-state index contributed by atoms with van der Waals surface area (Å²) in [5.41, 5.74) is 0.0382. The molecule has 0 radical (unpaired) electrons. The molecule has 3 rings (SSSR count). The van der Waals surface area contributed by atoms with Gasteiger partial charge in [-0.05, 0) is 43.5 Å². The van der Waals surface area contributed by atoms with Crippen molar-refractivity contribution < 1.29 is 15.0 Å². The van der Waals surface area contributed by atoms with Gasteiger partial charge in [-0.1, -0.05) is 18.2 Å². The second kappa shape index (κ2) is 6.21. The third-order valence-corrected chi connectivity index (χ3v) is 4.07. The monoisotopic (exact) mass is 315 g/mol. The summed E-state index contributed by atoms with van der Waals surface area (Å²) >= 11 is 0. The van der Waals surface area contributed by atoms with Crippen molar-refractivity contribution in [3.05, 3.63) is 51.9 Å². The van der Waals surface area contributed by atoms with E-state index in [0.29, 0.717) is 11.6 Å². The molecule has 2 heterocycles. The smallest absolute Gasteiger partial charge is 0.360 e. The van der Waals surface area contributed by atoms with Gasteiger partial charge in [-0.25, -0.2) is 9.48 Å². The topological polar surface area (TPSA) is 104 Å². The van der Waals surface area contributed by atoms with E-state index in [2.05, 4.69) is 10.4 Å². The van der Waals surface area contributed by atoms with Gasteiger partial charge in [0.05, 0.1) is 11.9 Å². The van der Waals surface area contributed by atoms with Gasteiger partial charge in [-0.3, -0.25) is 4.79 Å². The highest BCUT2D eigenvalue weighted by atomic mass is 16.4. The fourth-order valence-electron chi connectivity index (χ4n) is 2.92. The number of carbonyl (C=O) groups is 1. The maximum atomic E-state index is 11.7. The van der Waals surface area contributed by atoms with Crippen molar-refractivity contribution in [1.29, 1.82) is 0 Å². The highest BCUT2D eigenvalue weighted by molar-refractivity contribution is 5.85. The Morgan fingerprint density at radius 2 is 1.96 bits per heavy atom. The molecular formula is C16H17N3O4.